The zero-order valence-electron chi connectivity index (χ0n) is 36.1. The number of benzene rings is 10. The summed E-state index contributed by atoms with van der Waals surface area (Å²) in [6.07, 6.45) is 0. The molecule has 0 saturated carbocycles. The number of fused-ring (bicyclic) bond motifs is 18. The van der Waals surface area contributed by atoms with E-state index in [4.69, 9.17) is 9.40 Å². The smallest absolute Gasteiger partial charge is 0.220 e. The molecule has 3 heterocycles. The highest BCUT2D eigenvalue weighted by Crippen LogP contribution is 2.63. The molecule has 0 radical (unpaired) electrons. The van der Waals surface area contributed by atoms with Crippen LogP contribution in [0.1, 0.15) is 22.3 Å². The number of para-hydroxylation sites is 5. The van der Waals surface area contributed by atoms with Crippen LogP contribution in [-0.2, 0) is 5.41 Å². The number of anilines is 3. The average molecular weight is 855 g/mol. The SMILES string of the molecule is c1ccc(-n2c3ccc(N(c4ccc(-c5cccc6c5oc5ccccc56)cc4)c4ccc5c(c4)-c4ccccc4C54c5ccccc5-c5ccccc54)cc3n3c4ccccc4nc23)cc1. The Morgan fingerprint density at radius 1 is 0.403 bits per heavy atom. The molecule has 0 N–H and O–H groups in total. The van der Waals surface area contributed by atoms with Crippen LogP contribution < -0.4 is 4.90 Å². The van der Waals surface area contributed by atoms with Crippen molar-refractivity contribution in [3.63, 3.8) is 0 Å². The van der Waals surface area contributed by atoms with Gasteiger partial charge in [0, 0.05) is 39.1 Å². The number of nitrogens with zero attached hydrogens (tertiary/aromatic N) is 4. The summed E-state index contributed by atoms with van der Waals surface area (Å²) < 4.78 is 11.1. The highest BCUT2D eigenvalue weighted by Gasteiger charge is 2.51. The quantitative estimate of drug-likeness (QED) is 0.173. The van der Waals surface area contributed by atoms with E-state index in [1.165, 1.54) is 44.5 Å². The molecule has 0 saturated heterocycles. The van der Waals surface area contributed by atoms with E-state index in [1.807, 2.05) is 12.1 Å². The van der Waals surface area contributed by atoms with E-state index in [0.29, 0.717) is 0 Å². The van der Waals surface area contributed by atoms with E-state index in [1.54, 1.807) is 0 Å². The predicted octanol–water partition coefficient (Wildman–Crippen LogP) is 15.8. The second-order valence-corrected chi connectivity index (χ2v) is 17.9. The van der Waals surface area contributed by atoms with Crippen molar-refractivity contribution in [2.45, 2.75) is 5.41 Å². The lowest BCUT2D eigenvalue weighted by atomic mass is 9.70. The normalized spacial score (nSPS) is 13.2. The van der Waals surface area contributed by atoms with Gasteiger partial charge in [0.1, 0.15) is 11.2 Å². The molecule has 0 atom stereocenters. The van der Waals surface area contributed by atoms with E-state index < -0.39 is 5.41 Å². The van der Waals surface area contributed by atoms with Gasteiger partial charge in [-0.1, -0.05) is 158 Å². The van der Waals surface area contributed by atoms with Crippen molar-refractivity contribution < 1.29 is 4.42 Å². The van der Waals surface area contributed by atoms with Crippen molar-refractivity contribution >= 4 is 66.8 Å². The third kappa shape index (κ3) is 4.89. The Kier molecular flexibility index (Phi) is 7.36. The van der Waals surface area contributed by atoms with Crippen LogP contribution in [0, 0.1) is 0 Å². The Hall–Kier alpha value is -8.93. The highest BCUT2D eigenvalue weighted by atomic mass is 16.3. The lowest BCUT2D eigenvalue weighted by molar-refractivity contribution is 0.670. The number of imidazole rings is 2. The lowest BCUT2D eigenvalue weighted by Crippen LogP contribution is -2.25. The minimum Gasteiger partial charge on any atom is -0.455 e. The lowest BCUT2D eigenvalue weighted by Gasteiger charge is -2.31. The van der Waals surface area contributed by atoms with Crippen molar-refractivity contribution in [2.24, 2.45) is 0 Å². The van der Waals surface area contributed by atoms with Gasteiger partial charge >= 0.3 is 0 Å². The number of hydrogen-bond donors (Lipinski definition) is 0. The van der Waals surface area contributed by atoms with Crippen LogP contribution in [0.5, 0.6) is 0 Å². The van der Waals surface area contributed by atoms with E-state index in [2.05, 4.69) is 232 Å². The predicted molar refractivity (Wildman–Crippen MR) is 273 cm³/mol. The van der Waals surface area contributed by atoms with E-state index in [9.17, 15) is 0 Å². The second kappa shape index (κ2) is 13.6. The summed E-state index contributed by atoms with van der Waals surface area (Å²) in [7, 11) is 0. The van der Waals surface area contributed by atoms with Crippen LogP contribution in [0.2, 0.25) is 0 Å². The van der Waals surface area contributed by atoms with Crippen molar-refractivity contribution in [3.05, 3.63) is 253 Å². The minimum atomic E-state index is -0.421. The summed E-state index contributed by atoms with van der Waals surface area (Å²) in [4.78, 5) is 7.64. The van der Waals surface area contributed by atoms with Crippen molar-refractivity contribution in [2.75, 3.05) is 4.90 Å². The Morgan fingerprint density at radius 2 is 0.985 bits per heavy atom. The Morgan fingerprint density at radius 3 is 1.76 bits per heavy atom. The first-order valence-electron chi connectivity index (χ1n) is 23.0. The fraction of sp³-hybridized carbons (Fsp3) is 0.0161. The van der Waals surface area contributed by atoms with Gasteiger partial charge in [0.2, 0.25) is 5.78 Å². The fourth-order valence-corrected chi connectivity index (χ4v) is 11.8. The monoisotopic (exact) mass is 854 g/mol. The number of rotatable bonds is 5. The number of furan rings is 1. The van der Waals surface area contributed by atoms with Gasteiger partial charge in [-0.3, -0.25) is 8.97 Å². The first-order chi connectivity index (χ1) is 33.2. The van der Waals surface area contributed by atoms with Crippen LogP contribution in [0.25, 0.3) is 88.9 Å². The molecule has 0 unspecified atom stereocenters. The van der Waals surface area contributed by atoms with Gasteiger partial charge in [-0.05, 0) is 123 Å². The Bertz CT molecular complexity index is 4130. The minimum absolute atomic E-state index is 0.421. The molecule has 67 heavy (non-hydrogen) atoms. The Balaban J connectivity index is 0.964. The number of aromatic nitrogens is 3. The van der Waals surface area contributed by atoms with Crippen molar-refractivity contribution in [3.8, 4) is 39.1 Å². The average Bonchev–Trinajstić information content (AvgIpc) is 4.18. The molecule has 5 heteroatoms. The molecular weight excluding hydrogens is 817 g/mol. The molecule has 10 aromatic carbocycles. The van der Waals surface area contributed by atoms with Gasteiger partial charge in [-0.25, -0.2) is 4.98 Å². The zero-order valence-corrected chi connectivity index (χ0v) is 36.1. The summed E-state index contributed by atoms with van der Waals surface area (Å²) in [5.74, 6) is 0.881. The van der Waals surface area contributed by atoms with Gasteiger partial charge in [0.15, 0.2) is 0 Å². The van der Waals surface area contributed by atoms with E-state index >= 15 is 0 Å². The molecule has 2 aliphatic carbocycles. The molecule has 15 rings (SSSR count). The maximum absolute atomic E-state index is 6.52. The highest BCUT2D eigenvalue weighted by molar-refractivity contribution is 6.09. The molecule has 3 aromatic heterocycles. The summed E-state index contributed by atoms with van der Waals surface area (Å²) >= 11 is 0. The molecular formula is C62H38N4O. The van der Waals surface area contributed by atoms with E-state index in [0.717, 1.165) is 83.7 Å². The molecule has 2 aliphatic rings. The molecule has 0 aliphatic heterocycles. The molecule has 0 amide bonds. The van der Waals surface area contributed by atoms with Gasteiger partial charge in [-0.15, -0.1) is 0 Å². The molecule has 0 bridgehead atoms. The fourth-order valence-electron chi connectivity index (χ4n) is 11.8. The second-order valence-electron chi connectivity index (χ2n) is 17.9. The molecule has 13 aromatic rings. The summed E-state index contributed by atoms with van der Waals surface area (Å²) in [5.41, 5.74) is 22.4. The third-order valence-electron chi connectivity index (χ3n) is 14.5. The Labute approximate surface area is 385 Å². The van der Waals surface area contributed by atoms with Gasteiger partial charge in [-0.2, -0.15) is 0 Å². The summed E-state index contributed by atoms with van der Waals surface area (Å²) in [5, 5.41) is 2.25. The van der Waals surface area contributed by atoms with Gasteiger partial charge in [0.25, 0.3) is 0 Å². The van der Waals surface area contributed by atoms with Crippen LogP contribution in [0.3, 0.4) is 0 Å². The molecule has 312 valence electrons. The summed E-state index contributed by atoms with van der Waals surface area (Å²) in [6.45, 7) is 0. The standard InChI is InChI=1S/C62H38N4O/c1-2-15-40(16-3-1)65-57-36-34-43(38-58(57)66-56-27-12-11-26-55(56)63-61(65)66)64(41-31-29-39(30-32-41)44-21-14-22-49-48-20-7-13-28-59(48)67-60(44)49)42-33-35-54-50(37-42)47-19-6-10-25-53(47)62(54)51-23-8-4-17-45(51)46-18-5-9-24-52(46)62/h1-38H. The van der Waals surface area contributed by atoms with Crippen LogP contribution in [0.15, 0.2) is 235 Å². The first kappa shape index (κ1) is 36.4. The van der Waals surface area contributed by atoms with Crippen LogP contribution >= 0.6 is 0 Å². The zero-order chi connectivity index (χ0) is 43.8. The molecule has 0 fully saturated rings. The topological polar surface area (TPSA) is 38.6 Å². The molecule has 5 nitrogen and oxygen atoms in total. The van der Waals surface area contributed by atoms with E-state index in [-0.39, 0.29) is 0 Å². The van der Waals surface area contributed by atoms with Crippen LogP contribution in [-0.4, -0.2) is 14.0 Å². The number of hydrogen-bond acceptors (Lipinski definition) is 3. The summed E-state index contributed by atoms with van der Waals surface area (Å²) in [6, 6.07) is 83.8. The maximum Gasteiger partial charge on any atom is 0.220 e. The molecule has 1 spiro atoms. The van der Waals surface area contributed by atoms with Gasteiger partial charge in [0.05, 0.1) is 27.5 Å². The van der Waals surface area contributed by atoms with Crippen molar-refractivity contribution in [1.29, 1.82) is 0 Å². The largest absolute Gasteiger partial charge is 0.455 e. The maximum atomic E-state index is 6.52. The van der Waals surface area contributed by atoms with Crippen LogP contribution in [0.4, 0.5) is 17.1 Å². The third-order valence-corrected chi connectivity index (χ3v) is 14.5. The van der Waals surface area contributed by atoms with Crippen molar-refractivity contribution in [1.82, 2.24) is 14.0 Å². The first-order valence-corrected chi connectivity index (χ1v) is 23.0. The van der Waals surface area contributed by atoms with Gasteiger partial charge < -0.3 is 9.32 Å².